The molecule has 1 aromatic rings. The molecule has 0 radical (unpaired) electrons. The minimum Gasteiger partial charge on any atom is -0.334 e. The molecular weight excluding hydrogens is 224 g/mol. The topological polar surface area (TPSA) is 32.3 Å². The molecule has 2 aliphatic rings. The van der Waals surface area contributed by atoms with Crippen molar-refractivity contribution in [3.05, 3.63) is 35.4 Å². The van der Waals surface area contributed by atoms with Crippen LogP contribution >= 0.6 is 0 Å². The molecule has 0 saturated carbocycles. The SMILES string of the molecule is O=C(CC1CCNCC1)N1Cc2ccccc2C1. The summed E-state index contributed by atoms with van der Waals surface area (Å²) in [6.07, 6.45) is 3.02. The predicted molar refractivity (Wildman–Crippen MR) is 70.9 cm³/mol. The zero-order valence-electron chi connectivity index (χ0n) is 10.7. The van der Waals surface area contributed by atoms with Crippen LogP contribution in [0.5, 0.6) is 0 Å². The molecule has 18 heavy (non-hydrogen) atoms. The van der Waals surface area contributed by atoms with E-state index in [9.17, 15) is 4.79 Å². The van der Waals surface area contributed by atoms with Crippen molar-refractivity contribution in [1.82, 2.24) is 10.2 Å². The van der Waals surface area contributed by atoms with Crippen molar-refractivity contribution in [3.63, 3.8) is 0 Å². The Kier molecular flexibility index (Phi) is 3.33. The maximum absolute atomic E-state index is 12.3. The third-order valence-corrected chi connectivity index (χ3v) is 4.12. The molecule has 2 aliphatic heterocycles. The first-order chi connectivity index (χ1) is 8.83. The number of hydrogen-bond donors (Lipinski definition) is 1. The number of hydrogen-bond acceptors (Lipinski definition) is 2. The van der Waals surface area contributed by atoms with Gasteiger partial charge >= 0.3 is 0 Å². The first kappa shape index (κ1) is 11.7. The number of nitrogens with zero attached hydrogens (tertiary/aromatic N) is 1. The molecule has 1 aromatic carbocycles. The van der Waals surface area contributed by atoms with Gasteiger partial charge in [-0.3, -0.25) is 4.79 Å². The monoisotopic (exact) mass is 244 g/mol. The van der Waals surface area contributed by atoms with Crippen LogP contribution in [-0.2, 0) is 17.9 Å². The van der Waals surface area contributed by atoms with E-state index in [4.69, 9.17) is 0 Å². The van der Waals surface area contributed by atoms with Gasteiger partial charge in [-0.05, 0) is 43.0 Å². The molecule has 0 unspecified atom stereocenters. The van der Waals surface area contributed by atoms with Crippen LogP contribution in [0.2, 0.25) is 0 Å². The summed E-state index contributed by atoms with van der Waals surface area (Å²) in [5.41, 5.74) is 2.63. The summed E-state index contributed by atoms with van der Waals surface area (Å²) in [6.45, 7) is 3.75. The molecule has 96 valence electrons. The Morgan fingerprint density at radius 3 is 2.39 bits per heavy atom. The molecule has 3 heteroatoms. The first-order valence-electron chi connectivity index (χ1n) is 6.88. The van der Waals surface area contributed by atoms with E-state index in [0.29, 0.717) is 11.8 Å². The molecule has 3 nitrogen and oxygen atoms in total. The van der Waals surface area contributed by atoms with Crippen LogP contribution in [0.15, 0.2) is 24.3 Å². The second-order valence-electron chi connectivity index (χ2n) is 5.42. The summed E-state index contributed by atoms with van der Waals surface area (Å²) in [6, 6.07) is 8.37. The second-order valence-corrected chi connectivity index (χ2v) is 5.42. The van der Waals surface area contributed by atoms with Crippen molar-refractivity contribution < 1.29 is 4.79 Å². The van der Waals surface area contributed by atoms with Crippen molar-refractivity contribution in [2.75, 3.05) is 13.1 Å². The van der Waals surface area contributed by atoms with Crippen LogP contribution in [0.25, 0.3) is 0 Å². The highest BCUT2D eigenvalue weighted by atomic mass is 16.2. The lowest BCUT2D eigenvalue weighted by molar-refractivity contribution is -0.133. The van der Waals surface area contributed by atoms with Crippen molar-refractivity contribution in [2.45, 2.75) is 32.4 Å². The first-order valence-corrected chi connectivity index (χ1v) is 6.88. The molecule has 1 fully saturated rings. The van der Waals surface area contributed by atoms with Crippen LogP contribution in [0.4, 0.5) is 0 Å². The number of nitrogens with one attached hydrogen (secondary N) is 1. The minimum atomic E-state index is 0.332. The van der Waals surface area contributed by atoms with Crippen molar-refractivity contribution in [3.8, 4) is 0 Å². The third-order valence-electron chi connectivity index (χ3n) is 4.12. The van der Waals surface area contributed by atoms with Gasteiger partial charge in [-0.1, -0.05) is 24.3 Å². The number of carbonyl (C=O) groups excluding carboxylic acids is 1. The number of piperidine rings is 1. The largest absolute Gasteiger partial charge is 0.334 e. The highest BCUT2D eigenvalue weighted by Gasteiger charge is 2.25. The van der Waals surface area contributed by atoms with E-state index in [-0.39, 0.29) is 0 Å². The van der Waals surface area contributed by atoms with E-state index in [1.807, 2.05) is 4.90 Å². The summed E-state index contributed by atoms with van der Waals surface area (Å²) in [5.74, 6) is 0.917. The maximum Gasteiger partial charge on any atom is 0.223 e. The van der Waals surface area contributed by atoms with E-state index < -0.39 is 0 Å². The normalized spacial score (nSPS) is 19.9. The highest BCUT2D eigenvalue weighted by Crippen LogP contribution is 2.25. The van der Waals surface area contributed by atoms with Gasteiger partial charge in [0.1, 0.15) is 0 Å². The van der Waals surface area contributed by atoms with Gasteiger partial charge in [0.15, 0.2) is 0 Å². The molecule has 0 spiro atoms. The second kappa shape index (κ2) is 5.11. The third kappa shape index (κ3) is 2.41. The van der Waals surface area contributed by atoms with Gasteiger partial charge in [0.05, 0.1) is 0 Å². The predicted octanol–water partition coefficient (Wildman–Crippen LogP) is 1.92. The van der Waals surface area contributed by atoms with E-state index >= 15 is 0 Å². The van der Waals surface area contributed by atoms with Crippen molar-refractivity contribution in [2.24, 2.45) is 5.92 Å². The van der Waals surface area contributed by atoms with Crippen LogP contribution in [0.1, 0.15) is 30.4 Å². The lowest BCUT2D eigenvalue weighted by Gasteiger charge is -2.24. The fourth-order valence-electron chi connectivity index (χ4n) is 2.97. The molecule has 1 saturated heterocycles. The number of amides is 1. The van der Waals surface area contributed by atoms with E-state index in [2.05, 4.69) is 29.6 Å². The van der Waals surface area contributed by atoms with Crippen LogP contribution in [-0.4, -0.2) is 23.9 Å². The molecule has 2 heterocycles. The Labute approximate surface area is 108 Å². The molecule has 3 rings (SSSR count). The minimum absolute atomic E-state index is 0.332. The zero-order chi connectivity index (χ0) is 12.4. The lowest BCUT2D eigenvalue weighted by atomic mass is 9.94. The summed E-state index contributed by atoms with van der Waals surface area (Å²) in [5, 5.41) is 3.35. The van der Waals surface area contributed by atoms with Crippen LogP contribution in [0, 0.1) is 5.92 Å². The van der Waals surface area contributed by atoms with Gasteiger partial charge in [-0.2, -0.15) is 0 Å². The fraction of sp³-hybridized carbons (Fsp3) is 0.533. The van der Waals surface area contributed by atoms with Gasteiger partial charge in [0, 0.05) is 19.5 Å². The summed E-state index contributed by atoms with van der Waals surface area (Å²) in [4.78, 5) is 14.3. The molecule has 0 aromatic heterocycles. The Bertz CT molecular complexity index is 413. The average Bonchev–Trinajstić information content (AvgIpc) is 2.84. The Morgan fingerprint density at radius 1 is 1.17 bits per heavy atom. The van der Waals surface area contributed by atoms with Gasteiger partial charge in [-0.25, -0.2) is 0 Å². The molecule has 1 amide bonds. The quantitative estimate of drug-likeness (QED) is 0.862. The Hall–Kier alpha value is -1.35. The number of fused-ring (bicyclic) bond motifs is 1. The van der Waals surface area contributed by atoms with Gasteiger partial charge < -0.3 is 10.2 Å². The molecule has 0 atom stereocenters. The Balaban J connectivity index is 1.58. The highest BCUT2D eigenvalue weighted by molar-refractivity contribution is 5.77. The molecular formula is C15H20N2O. The van der Waals surface area contributed by atoms with Gasteiger partial charge in [0.25, 0.3) is 0 Å². The fourth-order valence-corrected chi connectivity index (χ4v) is 2.97. The van der Waals surface area contributed by atoms with Gasteiger partial charge in [-0.15, -0.1) is 0 Å². The van der Waals surface area contributed by atoms with Crippen LogP contribution < -0.4 is 5.32 Å². The van der Waals surface area contributed by atoms with Crippen molar-refractivity contribution in [1.29, 1.82) is 0 Å². The maximum atomic E-state index is 12.3. The van der Waals surface area contributed by atoms with E-state index in [0.717, 1.165) is 45.4 Å². The van der Waals surface area contributed by atoms with E-state index in [1.165, 1.54) is 11.1 Å². The lowest BCUT2D eigenvalue weighted by Crippen LogP contribution is -2.32. The molecule has 0 aliphatic carbocycles. The Morgan fingerprint density at radius 2 is 1.78 bits per heavy atom. The number of rotatable bonds is 2. The van der Waals surface area contributed by atoms with Gasteiger partial charge in [0.2, 0.25) is 5.91 Å². The van der Waals surface area contributed by atoms with E-state index in [1.54, 1.807) is 0 Å². The zero-order valence-corrected chi connectivity index (χ0v) is 10.7. The average molecular weight is 244 g/mol. The molecule has 1 N–H and O–H groups in total. The number of carbonyl (C=O) groups is 1. The van der Waals surface area contributed by atoms with Crippen LogP contribution in [0.3, 0.4) is 0 Å². The standard InChI is InChI=1S/C15H20N2O/c18-15(9-12-5-7-16-8-6-12)17-10-13-3-1-2-4-14(13)11-17/h1-4,12,16H,5-11H2. The van der Waals surface area contributed by atoms with Crippen molar-refractivity contribution >= 4 is 5.91 Å². The molecule has 0 bridgehead atoms. The summed E-state index contributed by atoms with van der Waals surface area (Å²) >= 11 is 0. The number of benzene rings is 1. The summed E-state index contributed by atoms with van der Waals surface area (Å²) in [7, 11) is 0. The summed E-state index contributed by atoms with van der Waals surface area (Å²) < 4.78 is 0. The smallest absolute Gasteiger partial charge is 0.223 e.